The molecule has 0 spiro atoms. The topological polar surface area (TPSA) is 37.8 Å². The molecular formula is C13H19N3S. The van der Waals surface area contributed by atoms with Gasteiger partial charge in [-0.3, -0.25) is 0 Å². The van der Waals surface area contributed by atoms with Crippen molar-refractivity contribution < 1.29 is 0 Å². The van der Waals surface area contributed by atoms with E-state index in [0.29, 0.717) is 5.92 Å². The van der Waals surface area contributed by atoms with Crippen LogP contribution in [-0.4, -0.2) is 22.8 Å². The van der Waals surface area contributed by atoms with Crippen molar-refractivity contribution in [2.75, 3.05) is 12.8 Å². The van der Waals surface area contributed by atoms with Crippen LogP contribution in [0.3, 0.4) is 0 Å². The van der Waals surface area contributed by atoms with Crippen LogP contribution in [0.25, 0.3) is 0 Å². The first-order chi connectivity index (χ1) is 8.38. The molecular weight excluding hydrogens is 230 g/mol. The summed E-state index contributed by atoms with van der Waals surface area (Å²) in [5.41, 5.74) is 4.08. The van der Waals surface area contributed by atoms with Gasteiger partial charge in [-0.15, -0.1) is 0 Å². The van der Waals surface area contributed by atoms with Gasteiger partial charge in [0.2, 0.25) is 0 Å². The Kier molecular flexibility index (Phi) is 3.34. The number of rotatable bonds is 3. The Hall–Kier alpha value is -0.610. The quantitative estimate of drug-likeness (QED) is 0.891. The average Bonchev–Trinajstić information content (AvgIpc) is 2.27. The van der Waals surface area contributed by atoms with Crippen LogP contribution >= 0.6 is 11.8 Å². The Morgan fingerprint density at radius 3 is 2.94 bits per heavy atom. The zero-order chi connectivity index (χ0) is 11.7. The Morgan fingerprint density at radius 1 is 1.35 bits per heavy atom. The van der Waals surface area contributed by atoms with Gasteiger partial charge in [0.1, 0.15) is 5.82 Å². The SMILES string of the molecule is CSCc1nc2c(c(C3CCC3)n1)CNCC2. The van der Waals surface area contributed by atoms with E-state index in [2.05, 4.69) is 11.6 Å². The van der Waals surface area contributed by atoms with E-state index in [0.717, 1.165) is 31.1 Å². The molecule has 3 nitrogen and oxygen atoms in total. The van der Waals surface area contributed by atoms with Gasteiger partial charge in [-0.05, 0) is 19.1 Å². The molecule has 0 bridgehead atoms. The summed E-state index contributed by atoms with van der Waals surface area (Å²) < 4.78 is 0. The van der Waals surface area contributed by atoms with E-state index in [-0.39, 0.29) is 0 Å². The molecule has 0 unspecified atom stereocenters. The van der Waals surface area contributed by atoms with Crippen molar-refractivity contribution in [1.82, 2.24) is 15.3 Å². The predicted molar refractivity (Wildman–Crippen MR) is 71.3 cm³/mol. The van der Waals surface area contributed by atoms with Gasteiger partial charge in [0, 0.05) is 31.0 Å². The molecule has 0 saturated heterocycles. The third-order valence-electron chi connectivity index (χ3n) is 3.78. The fourth-order valence-corrected chi connectivity index (χ4v) is 3.02. The number of thioether (sulfide) groups is 1. The van der Waals surface area contributed by atoms with Gasteiger partial charge < -0.3 is 5.32 Å². The van der Waals surface area contributed by atoms with Crippen molar-refractivity contribution in [3.05, 3.63) is 22.8 Å². The lowest BCUT2D eigenvalue weighted by atomic mass is 9.80. The van der Waals surface area contributed by atoms with Crippen molar-refractivity contribution in [1.29, 1.82) is 0 Å². The lowest BCUT2D eigenvalue weighted by Gasteiger charge is -2.29. The van der Waals surface area contributed by atoms with E-state index in [1.165, 1.54) is 36.2 Å². The molecule has 0 atom stereocenters. The van der Waals surface area contributed by atoms with Crippen molar-refractivity contribution in [3.63, 3.8) is 0 Å². The largest absolute Gasteiger partial charge is 0.312 e. The standard InChI is InChI=1S/C13H19N3S/c1-17-8-12-15-11-5-6-14-7-10(11)13(16-12)9-3-2-4-9/h9,14H,2-8H2,1H3. The Bertz CT molecular complexity index is 415. The van der Waals surface area contributed by atoms with Gasteiger partial charge in [-0.2, -0.15) is 11.8 Å². The summed E-state index contributed by atoms with van der Waals surface area (Å²) in [6.07, 6.45) is 7.20. The highest BCUT2D eigenvalue weighted by Crippen LogP contribution is 2.38. The van der Waals surface area contributed by atoms with Gasteiger partial charge >= 0.3 is 0 Å². The highest BCUT2D eigenvalue weighted by atomic mass is 32.2. The summed E-state index contributed by atoms with van der Waals surface area (Å²) in [5, 5.41) is 3.45. The molecule has 2 aliphatic rings. The van der Waals surface area contributed by atoms with Crippen LogP contribution in [0.4, 0.5) is 0 Å². The van der Waals surface area contributed by atoms with Crippen LogP contribution in [0.15, 0.2) is 0 Å². The van der Waals surface area contributed by atoms with Crippen LogP contribution in [-0.2, 0) is 18.7 Å². The molecule has 1 fully saturated rings. The first-order valence-electron chi connectivity index (χ1n) is 6.46. The fourth-order valence-electron chi connectivity index (χ4n) is 2.64. The first kappa shape index (κ1) is 11.5. The summed E-state index contributed by atoms with van der Waals surface area (Å²) in [4.78, 5) is 9.56. The van der Waals surface area contributed by atoms with Gasteiger partial charge in [-0.25, -0.2) is 9.97 Å². The highest BCUT2D eigenvalue weighted by molar-refractivity contribution is 7.97. The van der Waals surface area contributed by atoms with Crippen molar-refractivity contribution in [3.8, 4) is 0 Å². The molecule has 0 amide bonds. The lowest BCUT2D eigenvalue weighted by Crippen LogP contribution is -2.29. The second-order valence-corrected chi connectivity index (χ2v) is 5.80. The Labute approximate surface area is 107 Å². The number of hydrogen-bond donors (Lipinski definition) is 1. The summed E-state index contributed by atoms with van der Waals surface area (Å²) in [5.74, 6) is 2.70. The maximum atomic E-state index is 4.83. The van der Waals surface area contributed by atoms with Crippen LogP contribution < -0.4 is 5.32 Å². The molecule has 1 aromatic heterocycles. The molecule has 1 aromatic rings. The smallest absolute Gasteiger partial charge is 0.138 e. The maximum absolute atomic E-state index is 4.83. The predicted octanol–water partition coefficient (Wildman–Crippen LogP) is 2.25. The van der Waals surface area contributed by atoms with Crippen molar-refractivity contribution in [2.24, 2.45) is 0 Å². The minimum atomic E-state index is 0.715. The van der Waals surface area contributed by atoms with Crippen molar-refractivity contribution in [2.45, 2.75) is 43.9 Å². The molecule has 1 N–H and O–H groups in total. The Morgan fingerprint density at radius 2 is 2.24 bits per heavy atom. The fraction of sp³-hybridized carbons (Fsp3) is 0.692. The molecule has 0 aromatic carbocycles. The molecule has 1 aliphatic heterocycles. The van der Waals surface area contributed by atoms with Crippen LogP contribution in [0.5, 0.6) is 0 Å². The summed E-state index contributed by atoms with van der Waals surface area (Å²) in [6, 6.07) is 0. The first-order valence-corrected chi connectivity index (χ1v) is 7.86. The van der Waals surface area contributed by atoms with E-state index in [1.807, 2.05) is 11.8 Å². The Balaban J connectivity index is 2.00. The van der Waals surface area contributed by atoms with Gasteiger partial charge in [0.15, 0.2) is 0 Å². The molecule has 17 heavy (non-hydrogen) atoms. The third-order valence-corrected chi connectivity index (χ3v) is 4.32. The average molecular weight is 249 g/mol. The van der Waals surface area contributed by atoms with E-state index < -0.39 is 0 Å². The number of aromatic nitrogens is 2. The highest BCUT2D eigenvalue weighted by Gasteiger charge is 2.27. The monoisotopic (exact) mass is 249 g/mol. The van der Waals surface area contributed by atoms with E-state index in [9.17, 15) is 0 Å². The second-order valence-electron chi connectivity index (χ2n) is 4.94. The molecule has 1 saturated carbocycles. The zero-order valence-electron chi connectivity index (χ0n) is 10.3. The van der Waals surface area contributed by atoms with Gasteiger partial charge in [0.05, 0.1) is 17.1 Å². The second kappa shape index (κ2) is 4.94. The number of hydrogen-bond acceptors (Lipinski definition) is 4. The zero-order valence-corrected chi connectivity index (χ0v) is 11.1. The lowest BCUT2D eigenvalue weighted by molar-refractivity contribution is 0.403. The summed E-state index contributed by atoms with van der Waals surface area (Å²) >= 11 is 1.81. The maximum Gasteiger partial charge on any atom is 0.138 e. The van der Waals surface area contributed by atoms with Gasteiger partial charge in [0.25, 0.3) is 0 Å². The number of nitrogens with one attached hydrogen (secondary N) is 1. The van der Waals surface area contributed by atoms with Crippen molar-refractivity contribution >= 4 is 11.8 Å². The number of nitrogens with zero attached hydrogens (tertiary/aromatic N) is 2. The van der Waals surface area contributed by atoms with E-state index >= 15 is 0 Å². The third kappa shape index (κ3) is 2.20. The number of fused-ring (bicyclic) bond motifs is 1. The van der Waals surface area contributed by atoms with Crippen LogP contribution in [0.2, 0.25) is 0 Å². The minimum absolute atomic E-state index is 0.715. The molecule has 3 rings (SSSR count). The molecule has 4 heteroatoms. The molecule has 92 valence electrons. The molecule has 1 aliphatic carbocycles. The summed E-state index contributed by atoms with van der Waals surface area (Å²) in [7, 11) is 0. The molecule has 2 heterocycles. The van der Waals surface area contributed by atoms with Crippen LogP contribution in [0, 0.1) is 0 Å². The van der Waals surface area contributed by atoms with Gasteiger partial charge in [-0.1, -0.05) is 6.42 Å². The molecule has 0 radical (unpaired) electrons. The van der Waals surface area contributed by atoms with E-state index in [4.69, 9.17) is 9.97 Å². The minimum Gasteiger partial charge on any atom is -0.312 e. The summed E-state index contributed by atoms with van der Waals surface area (Å²) in [6.45, 7) is 2.04. The van der Waals surface area contributed by atoms with E-state index in [1.54, 1.807) is 0 Å². The van der Waals surface area contributed by atoms with Crippen LogP contribution in [0.1, 0.15) is 48.0 Å². The normalized spacial score (nSPS) is 19.8.